The molecule has 76 valence electrons. The number of hydrogen-bond donors (Lipinski definition) is 3. The van der Waals surface area contributed by atoms with Crippen LogP contribution in [-0.4, -0.2) is 11.9 Å². The van der Waals surface area contributed by atoms with Gasteiger partial charge in [0, 0.05) is 6.04 Å². The fourth-order valence-corrected chi connectivity index (χ4v) is 1.51. The summed E-state index contributed by atoms with van der Waals surface area (Å²) in [4.78, 5) is 11.4. The standard InChI is InChI=1S/C10H15N3O/c11-7-3-6-10(9(13)14)5-2-1-4-8(10)12/h1-5,7-8H,6,11-12H2,(H2,13,14). The fourth-order valence-electron chi connectivity index (χ4n) is 1.51. The lowest BCUT2D eigenvalue weighted by atomic mass is 9.74. The third kappa shape index (κ3) is 1.70. The molecule has 2 atom stereocenters. The van der Waals surface area contributed by atoms with Crippen LogP contribution in [0.1, 0.15) is 6.42 Å². The summed E-state index contributed by atoms with van der Waals surface area (Å²) in [6.07, 6.45) is 10.6. The highest BCUT2D eigenvalue weighted by molar-refractivity contribution is 5.85. The predicted molar refractivity (Wildman–Crippen MR) is 55.8 cm³/mol. The maximum Gasteiger partial charge on any atom is 0.229 e. The van der Waals surface area contributed by atoms with Crippen LogP contribution < -0.4 is 17.2 Å². The van der Waals surface area contributed by atoms with E-state index in [1.165, 1.54) is 6.20 Å². The smallest absolute Gasteiger partial charge is 0.229 e. The number of hydrogen-bond acceptors (Lipinski definition) is 3. The lowest BCUT2D eigenvalue weighted by Crippen LogP contribution is -2.49. The van der Waals surface area contributed by atoms with Crippen molar-refractivity contribution < 1.29 is 4.79 Å². The van der Waals surface area contributed by atoms with E-state index < -0.39 is 11.3 Å². The topological polar surface area (TPSA) is 95.1 Å². The maximum atomic E-state index is 11.4. The zero-order chi connectivity index (χ0) is 10.6. The fraction of sp³-hybridized carbons (Fsp3) is 0.300. The van der Waals surface area contributed by atoms with E-state index in [0.29, 0.717) is 6.42 Å². The number of carbonyl (C=O) groups is 1. The van der Waals surface area contributed by atoms with E-state index >= 15 is 0 Å². The van der Waals surface area contributed by atoms with Gasteiger partial charge in [-0.15, -0.1) is 0 Å². The molecule has 14 heavy (non-hydrogen) atoms. The molecular weight excluding hydrogens is 178 g/mol. The Bertz CT molecular complexity index is 306. The van der Waals surface area contributed by atoms with E-state index in [1.807, 2.05) is 0 Å². The first-order valence-electron chi connectivity index (χ1n) is 4.42. The first-order chi connectivity index (χ1) is 6.63. The predicted octanol–water partition coefficient (Wildman–Crippen LogP) is -0.226. The van der Waals surface area contributed by atoms with Crippen LogP contribution in [0, 0.1) is 5.41 Å². The Morgan fingerprint density at radius 1 is 1.50 bits per heavy atom. The normalized spacial score (nSPS) is 31.1. The molecule has 0 fully saturated rings. The average Bonchev–Trinajstić information content (AvgIpc) is 2.16. The lowest BCUT2D eigenvalue weighted by Gasteiger charge is -2.32. The molecule has 0 heterocycles. The Kier molecular flexibility index (Phi) is 3.09. The molecule has 0 aromatic heterocycles. The molecule has 4 nitrogen and oxygen atoms in total. The third-order valence-electron chi connectivity index (χ3n) is 2.47. The summed E-state index contributed by atoms with van der Waals surface area (Å²) in [6, 6.07) is -0.388. The van der Waals surface area contributed by atoms with Crippen LogP contribution in [0.2, 0.25) is 0 Å². The van der Waals surface area contributed by atoms with Crippen LogP contribution in [0.25, 0.3) is 0 Å². The van der Waals surface area contributed by atoms with Gasteiger partial charge in [-0.05, 0) is 12.6 Å². The number of carbonyl (C=O) groups excluding carboxylic acids is 1. The number of nitrogens with two attached hydrogens (primary N) is 3. The molecule has 1 aliphatic carbocycles. The largest absolute Gasteiger partial charge is 0.405 e. The quantitative estimate of drug-likeness (QED) is 0.578. The van der Waals surface area contributed by atoms with E-state index in [9.17, 15) is 4.79 Å². The Morgan fingerprint density at radius 2 is 2.21 bits per heavy atom. The van der Waals surface area contributed by atoms with Gasteiger partial charge in [-0.2, -0.15) is 0 Å². The first kappa shape index (κ1) is 10.5. The van der Waals surface area contributed by atoms with Gasteiger partial charge in [0.15, 0.2) is 0 Å². The molecule has 0 aromatic carbocycles. The summed E-state index contributed by atoms with van der Waals surface area (Å²) in [5.74, 6) is -0.427. The van der Waals surface area contributed by atoms with E-state index in [2.05, 4.69) is 0 Å². The van der Waals surface area contributed by atoms with Gasteiger partial charge in [-0.1, -0.05) is 30.4 Å². The second kappa shape index (κ2) is 4.11. The molecule has 4 heteroatoms. The molecule has 2 unspecified atom stereocenters. The number of rotatable bonds is 3. The van der Waals surface area contributed by atoms with Crippen molar-refractivity contribution in [1.82, 2.24) is 0 Å². The van der Waals surface area contributed by atoms with Crippen LogP contribution in [0.4, 0.5) is 0 Å². The van der Waals surface area contributed by atoms with Crippen LogP contribution in [0.15, 0.2) is 36.6 Å². The Morgan fingerprint density at radius 3 is 2.71 bits per heavy atom. The second-order valence-electron chi connectivity index (χ2n) is 3.31. The Hall–Kier alpha value is -1.55. The summed E-state index contributed by atoms with van der Waals surface area (Å²) in [6.45, 7) is 0. The third-order valence-corrected chi connectivity index (χ3v) is 2.47. The van der Waals surface area contributed by atoms with Gasteiger partial charge < -0.3 is 17.2 Å². The van der Waals surface area contributed by atoms with Crippen LogP contribution in [-0.2, 0) is 4.79 Å². The van der Waals surface area contributed by atoms with E-state index in [0.717, 1.165) is 0 Å². The van der Waals surface area contributed by atoms with Gasteiger partial charge in [0.05, 0.1) is 5.41 Å². The van der Waals surface area contributed by atoms with Crippen molar-refractivity contribution in [3.63, 3.8) is 0 Å². The number of amides is 1. The van der Waals surface area contributed by atoms with Crippen molar-refractivity contribution in [2.24, 2.45) is 22.6 Å². The van der Waals surface area contributed by atoms with Gasteiger partial charge in [0.1, 0.15) is 0 Å². The zero-order valence-electron chi connectivity index (χ0n) is 7.89. The Labute approximate surface area is 83.1 Å². The van der Waals surface area contributed by atoms with Gasteiger partial charge in [-0.25, -0.2) is 0 Å². The molecule has 0 aromatic rings. The highest BCUT2D eigenvalue weighted by atomic mass is 16.1. The Balaban J connectivity index is 2.97. The van der Waals surface area contributed by atoms with E-state index in [4.69, 9.17) is 17.2 Å². The summed E-state index contributed by atoms with van der Waals surface area (Å²) >= 11 is 0. The van der Waals surface area contributed by atoms with Crippen LogP contribution >= 0.6 is 0 Å². The van der Waals surface area contributed by atoms with Gasteiger partial charge in [0.2, 0.25) is 5.91 Å². The monoisotopic (exact) mass is 193 g/mol. The van der Waals surface area contributed by atoms with E-state index in [-0.39, 0.29) is 6.04 Å². The van der Waals surface area contributed by atoms with Crippen molar-refractivity contribution in [1.29, 1.82) is 0 Å². The molecule has 0 spiro atoms. The SMILES string of the molecule is NC=CCC1(C(N)=O)C=CC=CC1N. The summed E-state index contributed by atoms with van der Waals surface area (Å²) in [5, 5.41) is 0. The molecule has 0 radical (unpaired) electrons. The lowest BCUT2D eigenvalue weighted by molar-refractivity contribution is -0.125. The van der Waals surface area contributed by atoms with E-state index in [1.54, 1.807) is 30.4 Å². The molecule has 1 amide bonds. The summed E-state index contributed by atoms with van der Waals surface area (Å²) in [5.41, 5.74) is 15.6. The summed E-state index contributed by atoms with van der Waals surface area (Å²) < 4.78 is 0. The highest BCUT2D eigenvalue weighted by Gasteiger charge is 2.38. The highest BCUT2D eigenvalue weighted by Crippen LogP contribution is 2.30. The van der Waals surface area contributed by atoms with Crippen molar-refractivity contribution in [3.05, 3.63) is 36.6 Å². The molecular formula is C10H15N3O. The molecule has 0 aliphatic heterocycles. The summed E-state index contributed by atoms with van der Waals surface area (Å²) in [7, 11) is 0. The molecule has 1 aliphatic rings. The molecule has 1 rings (SSSR count). The number of allylic oxidation sites excluding steroid dienone is 3. The average molecular weight is 193 g/mol. The van der Waals surface area contributed by atoms with Gasteiger partial charge >= 0.3 is 0 Å². The van der Waals surface area contributed by atoms with Crippen molar-refractivity contribution in [2.45, 2.75) is 12.5 Å². The minimum Gasteiger partial charge on any atom is -0.405 e. The first-order valence-corrected chi connectivity index (χ1v) is 4.42. The second-order valence-corrected chi connectivity index (χ2v) is 3.31. The van der Waals surface area contributed by atoms with Crippen LogP contribution in [0.3, 0.4) is 0 Å². The van der Waals surface area contributed by atoms with Crippen molar-refractivity contribution >= 4 is 5.91 Å². The van der Waals surface area contributed by atoms with Crippen molar-refractivity contribution in [3.8, 4) is 0 Å². The molecule has 0 saturated carbocycles. The number of primary amides is 1. The molecule has 6 N–H and O–H groups in total. The molecule has 0 bridgehead atoms. The minimum atomic E-state index is -0.829. The maximum absolute atomic E-state index is 11.4. The zero-order valence-corrected chi connectivity index (χ0v) is 7.89. The van der Waals surface area contributed by atoms with Crippen molar-refractivity contribution in [2.75, 3.05) is 0 Å². The minimum absolute atomic E-state index is 0.388. The van der Waals surface area contributed by atoms with Gasteiger partial charge in [0.25, 0.3) is 0 Å². The van der Waals surface area contributed by atoms with Crippen LogP contribution in [0.5, 0.6) is 0 Å². The van der Waals surface area contributed by atoms with Gasteiger partial charge in [-0.3, -0.25) is 4.79 Å². The molecule has 0 saturated heterocycles.